The van der Waals surface area contributed by atoms with E-state index in [1.807, 2.05) is 7.05 Å². The van der Waals surface area contributed by atoms with Crippen LogP contribution in [0.4, 0.5) is 0 Å². The average Bonchev–Trinajstić information content (AvgIpc) is 1.97. The zero-order chi connectivity index (χ0) is 8.69. The van der Waals surface area contributed by atoms with Crippen molar-refractivity contribution in [3.63, 3.8) is 0 Å². The van der Waals surface area contributed by atoms with E-state index >= 15 is 0 Å². The molecule has 0 aromatic heterocycles. The lowest BCUT2D eigenvalue weighted by Crippen LogP contribution is -2.27. The highest BCUT2D eigenvalue weighted by atomic mass is 14.9. The van der Waals surface area contributed by atoms with Crippen LogP contribution in [0.2, 0.25) is 0 Å². The van der Waals surface area contributed by atoms with E-state index in [2.05, 4.69) is 19.2 Å². The third-order valence-electron chi connectivity index (χ3n) is 2.02. The fourth-order valence-electron chi connectivity index (χ4n) is 1.25. The van der Waals surface area contributed by atoms with Crippen LogP contribution >= 0.6 is 0 Å². The van der Waals surface area contributed by atoms with Gasteiger partial charge < -0.3 is 11.1 Å². The summed E-state index contributed by atoms with van der Waals surface area (Å²) in [6.45, 7) is 4.29. The van der Waals surface area contributed by atoms with Crippen molar-refractivity contribution >= 4 is 0 Å². The molecule has 2 atom stereocenters. The predicted molar refractivity (Wildman–Crippen MR) is 50.6 cm³/mol. The van der Waals surface area contributed by atoms with Gasteiger partial charge in [0.05, 0.1) is 0 Å². The largest absolute Gasteiger partial charge is 0.328 e. The fraction of sp³-hybridized carbons (Fsp3) is 1.00. The Labute approximate surface area is 70.5 Å². The lowest BCUT2D eigenvalue weighted by molar-refractivity contribution is 0.451. The van der Waals surface area contributed by atoms with Crippen LogP contribution in [0, 0.1) is 0 Å². The molecule has 0 rings (SSSR count). The molecule has 0 saturated carbocycles. The Kier molecular flexibility index (Phi) is 6.57. The van der Waals surface area contributed by atoms with Crippen LogP contribution in [0.1, 0.15) is 39.5 Å². The molecule has 0 amide bonds. The van der Waals surface area contributed by atoms with Crippen molar-refractivity contribution in [2.45, 2.75) is 51.6 Å². The highest BCUT2D eigenvalue weighted by Gasteiger charge is 2.04. The van der Waals surface area contributed by atoms with Gasteiger partial charge in [-0.15, -0.1) is 0 Å². The van der Waals surface area contributed by atoms with E-state index in [1.165, 1.54) is 19.3 Å². The molecule has 68 valence electrons. The van der Waals surface area contributed by atoms with E-state index in [9.17, 15) is 0 Å². The summed E-state index contributed by atoms with van der Waals surface area (Å²) < 4.78 is 0. The maximum atomic E-state index is 5.66. The second-order valence-electron chi connectivity index (χ2n) is 3.33. The number of nitrogens with two attached hydrogens (primary N) is 1. The standard InChI is InChI=1S/C9H22N2/c1-4-5-9(11-3)7-6-8(2)10/h8-9,11H,4-7,10H2,1-3H3. The van der Waals surface area contributed by atoms with Crippen molar-refractivity contribution in [1.82, 2.24) is 5.32 Å². The molecule has 0 radical (unpaired) electrons. The Morgan fingerprint density at radius 3 is 2.27 bits per heavy atom. The summed E-state index contributed by atoms with van der Waals surface area (Å²) in [4.78, 5) is 0. The van der Waals surface area contributed by atoms with Gasteiger partial charge >= 0.3 is 0 Å². The van der Waals surface area contributed by atoms with Gasteiger partial charge in [0.25, 0.3) is 0 Å². The third-order valence-corrected chi connectivity index (χ3v) is 2.02. The average molecular weight is 158 g/mol. The first-order chi connectivity index (χ1) is 5.20. The minimum Gasteiger partial charge on any atom is -0.328 e. The summed E-state index contributed by atoms with van der Waals surface area (Å²) in [5, 5.41) is 3.30. The molecule has 0 heterocycles. The number of nitrogens with one attached hydrogen (secondary N) is 1. The van der Waals surface area contributed by atoms with Gasteiger partial charge in [0, 0.05) is 12.1 Å². The molecule has 0 fully saturated rings. The van der Waals surface area contributed by atoms with Crippen LogP contribution in [-0.2, 0) is 0 Å². The van der Waals surface area contributed by atoms with Gasteiger partial charge in [-0.2, -0.15) is 0 Å². The first kappa shape index (κ1) is 10.9. The van der Waals surface area contributed by atoms with E-state index < -0.39 is 0 Å². The summed E-state index contributed by atoms with van der Waals surface area (Å²) in [7, 11) is 2.03. The summed E-state index contributed by atoms with van der Waals surface area (Å²) >= 11 is 0. The molecule has 0 spiro atoms. The molecule has 0 aliphatic rings. The van der Waals surface area contributed by atoms with Crippen molar-refractivity contribution < 1.29 is 0 Å². The second-order valence-corrected chi connectivity index (χ2v) is 3.33. The first-order valence-corrected chi connectivity index (χ1v) is 4.63. The van der Waals surface area contributed by atoms with Crippen LogP contribution in [0.3, 0.4) is 0 Å². The Morgan fingerprint density at radius 1 is 1.27 bits per heavy atom. The Bertz CT molecular complexity index is 81.6. The highest BCUT2D eigenvalue weighted by molar-refractivity contribution is 4.66. The van der Waals surface area contributed by atoms with Crippen LogP contribution in [-0.4, -0.2) is 19.1 Å². The van der Waals surface area contributed by atoms with E-state index in [0.717, 1.165) is 6.42 Å². The predicted octanol–water partition coefficient (Wildman–Crippen LogP) is 1.50. The topological polar surface area (TPSA) is 38.0 Å². The van der Waals surface area contributed by atoms with Crippen molar-refractivity contribution in [2.75, 3.05) is 7.05 Å². The van der Waals surface area contributed by atoms with Crippen molar-refractivity contribution in [1.29, 1.82) is 0 Å². The van der Waals surface area contributed by atoms with Gasteiger partial charge in [0.1, 0.15) is 0 Å². The molecule has 0 bridgehead atoms. The molecule has 2 heteroatoms. The second kappa shape index (κ2) is 6.62. The third kappa shape index (κ3) is 6.32. The van der Waals surface area contributed by atoms with Crippen LogP contribution in [0.15, 0.2) is 0 Å². The van der Waals surface area contributed by atoms with Gasteiger partial charge in [-0.3, -0.25) is 0 Å². The minimum atomic E-state index is 0.350. The Balaban J connectivity index is 3.35. The maximum absolute atomic E-state index is 5.66. The summed E-state index contributed by atoms with van der Waals surface area (Å²) in [5.41, 5.74) is 5.66. The zero-order valence-electron chi connectivity index (χ0n) is 8.06. The molecule has 0 aliphatic heterocycles. The monoisotopic (exact) mass is 158 g/mol. The van der Waals surface area contributed by atoms with Gasteiger partial charge in [-0.1, -0.05) is 13.3 Å². The van der Waals surface area contributed by atoms with E-state index in [1.54, 1.807) is 0 Å². The molecule has 11 heavy (non-hydrogen) atoms. The van der Waals surface area contributed by atoms with Crippen LogP contribution < -0.4 is 11.1 Å². The Morgan fingerprint density at radius 2 is 1.91 bits per heavy atom. The van der Waals surface area contributed by atoms with E-state index in [0.29, 0.717) is 12.1 Å². The molecule has 0 aliphatic carbocycles. The van der Waals surface area contributed by atoms with E-state index in [-0.39, 0.29) is 0 Å². The Hall–Kier alpha value is -0.0800. The number of hydrogen-bond acceptors (Lipinski definition) is 2. The van der Waals surface area contributed by atoms with Gasteiger partial charge in [-0.05, 0) is 33.2 Å². The normalized spacial score (nSPS) is 16.4. The van der Waals surface area contributed by atoms with E-state index in [4.69, 9.17) is 5.73 Å². The van der Waals surface area contributed by atoms with Crippen molar-refractivity contribution in [3.8, 4) is 0 Å². The molecule has 2 nitrogen and oxygen atoms in total. The maximum Gasteiger partial charge on any atom is 0.00645 e. The molecule has 0 aromatic carbocycles. The molecular formula is C9H22N2. The summed E-state index contributed by atoms with van der Waals surface area (Å²) in [6, 6.07) is 1.02. The molecule has 2 unspecified atom stereocenters. The SMILES string of the molecule is CCCC(CCC(C)N)NC. The number of rotatable bonds is 6. The lowest BCUT2D eigenvalue weighted by Gasteiger charge is -2.15. The van der Waals surface area contributed by atoms with Gasteiger partial charge in [0.15, 0.2) is 0 Å². The zero-order valence-corrected chi connectivity index (χ0v) is 8.06. The smallest absolute Gasteiger partial charge is 0.00645 e. The minimum absolute atomic E-state index is 0.350. The lowest BCUT2D eigenvalue weighted by atomic mass is 10.0. The molecular weight excluding hydrogens is 136 g/mol. The number of hydrogen-bond donors (Lipinski definition) is 2. The fourth-order valence-corrected chi connectivity index (χ4v) is 1.25. The first-order valence-electron chi connectivity index (χ1n) is 4.63. The summed E-state index contributed by atoms with van der Waals surface area (Å²) in [6.07, 6.45) is 4.86. The van der Waals surface area contributed by atoms with Gasteiger partial charge in [0.2, 0.25) is 0 Å². The van der Waals surface area contributed by atoms with Crippen LogP contribution in [0.25, 0.3) is 0 Å². The highest BCUT2D eigenvalue weighted by Crippen LogP contribution is 2.05. The van der Waals surface area contributed by atoms with Crippen molar-refractivity contribution in [3.05, 3.63) is 0 Å². The molecule has 0 saturated heterocycles. The summed E-state index contributed by atoms with van der Waals surface area (Å²) in [5.74, 6) is 0. The van der Waals surface area contributed by atoms with Gasteiger partial charge in [-0.25, -0.2) is 0 Å². The van der Waals surface area contributed by atoms with Crippen molar-refractivity contribution in [2.24, 2.45) is 5.73 Å². The molecule has 3 N–H and O–H groups in total. The quantitative estimate of drug-likeness (QED) is 0.615. The van der Waals surface area contributed by atoms with Crippen LogP contribution in [0.5, 0.6) is 0 Å². The molecule has 0 aromatic rings.